The van der Waals surface area contributed by atoms with Crippen molar-refractivity contribution >= 4 is 17.5 Å². The first kappa shape index (κ1) is 18.4. The Balaban J connectivity index is 1.55. The first-order valence-corrected chi connectivity index (χ1v) is 9.23. The molecule has 0 fully saturated rings. The predicted molar refractivity (Wildman–Crippen MR) is 101 cm³/mol. The van der Waals surface area contributed by atoms with E-state index in [2.05, 4.69) is 15.3 Å². The molecule has 2 aliphatic heterocycles. The normalized spacial score (nSPS) is 23.5. The van der Waals surface area contributed by atoms with Gasteiger partial charge in [0, 0.05) is 18.8 Å². The number of ether oxygens (including phenoxy) is 2. The highest BCUT2D eigenvalue weighted by Crippen LogP contribution is 2.37. The molecule has 146 valence electrons. The monoisotopic (exact) mass is 382 g/mol. The average molecular weight is 382 g/mol. The van der Waals surface area contributed by atoms with Gasteiger partial charge in [-0.05, 0) is 25.5 Å². The molecule has 0 radical (unpaired) electrons. The highest BCUT2D eigenvalue weighted by molar-refractivity contribution is 6.02. The fraction of sp³-hybridized carbons (Fsp3) is 0.400. The van der Waals surface area contributed by atoms with E-state index >= 15 is 0 Å². The van der Waals surface area contributed by atoms with Crippen LogP contribution < -0.4 is 15.0 Å². The topological polar surface area (TPSA) is 93.7 Å². The first-order chi connectivity index (χ1) is 13.4. The number of benzene rings is 1. The van der Waals surface area contributed by atoms with Crippen LogP contribution in [0.3, 0.4) is 0 Å². The van der Waals surface area contributed by atoms with E-state index in [1.54, 1.807) is 25.4 Å². The standard InChI is InChI=1S/C20H22N4O4/c1-4-20(2)16-12(10-28-20)9-21-17(23-16)18(25)22-13-11-27-15-8-6-5-7-14(15)24(3)19(13)26/h5-9,13H,4,10-11H2,1-3H3,(H,22,25)/t13?,20-/m0/s1. The Bertz CT molecular complexity index is 948. The quantitative estimate of drug-likeness (QED) is 0.870. The lowest BCUT2D eigenvalue weighted by Gasteiger charge is -2.22. The molecule has 2 aromatic rings. The lowest BCUT2D eigenvalue weighted by Crippen LogP contribution is -2.49. The van der Waals surface area contributed by atoms with E-state index in [1.165, 1.54) is 4.90 Å². The van der Waals surface area contributed by atoms with Gasteiger partial charge in [0.05, 0.1) is 18.0 Å². The average Bonchev–Trinajstić information content (AvgIpc) is 3.01. The summed E-state index contributed by atoms with van der Waals surface area (Å²) in [6.45, 7) is 4.42. The van der Waals surface area contributed by atoms with Gasteiger partial charge in [0.15, 0.2) is 0 Å². The first-order valence-electron chi connectivity index (χ1n) is 9.23. The molecule has 0 aliphatic carbocycles. The molecule has 0 bridgehead atoms. The third kappa shape index (κ3) is 2.99. The molecule has 8 heteroatoms. The zero-order chi connectivity index (χ0) is 19.9. The zero-order valence-corrected chi connectivity index (χ0v) is 16.1. The van der Waals surface area contributed by atoms with Gasteiger partial charge in [-0.1, -0.05) is 19.1 Å². The van der Waals surface area contributed by atoms with Gasteiger partial charge in [0.2, 0.25) is 5.82 Å². The van der Waals surface area contributed by atoms with Crippen LogP contribution in [0.1, 0.15) is 42.1 Å². The fourth-order valence-electron chi connectivity index (χ4n) is 3.43. The van der Waals surface area contributed by atoms with Gasteiger partial charge in [0.1, 0.15) is 24.0 Å². The minimum Gasteiger partial charge on any atom is -0.489 e. The van der Waals surface area contributed by atoms with E-state index in [4.69, 9.17) is 9.47 Å². The van der Waals surface area contributed by atoms with E-state index in [1.807, 2.05) is 26.0 Å². The molecule has 4 rings (SSSR count). The van der Waals surface area contributed by atoms with Crippen molar-refractivity contribution in [3.05, 3.63) is 47.5 Å². The molecule has 1 N–H and O–H groups in total. The Kier molecular flexibility index (Phi) is 4.50. The molecule has 0 saturated carbocycles. The van der Waals surface area contributed by atoms with Crippen molar-refractivity contribution in [1.82, 2.24) is 15.3 Å². The lowest BCUT2D eigenvalue weighted by atomic mass is 9.98. The zero-order valence-electron chi connectivity index (χ0n) is 16.1. The van der Waals surface area contributed by atoms with Crippen LogP contribution >= 0.6 is 0 Å². The van der Waals surface area contributed by atoms with Crippen LogP contribution in [0.5, 0.6) is 5.75 Å². The molecule has 1 unspecified atom stereocenters. The molecular weight excluding hydrogens is 360 g/mol. The van der Waals surface area contributed by atoms with Crippen LogP contribution in [-0.2, 0) is 21.7 Å². The number of nitrogens with one attached hydrogen (secondary N) is 1. The van der Waals surface area contributed by atoms with Crippen LogP contribution in [0.4, 0.5) is 5.69 Å². The number of carbonyl (C=O) groups excluding carboxylic acids is 2. The summed E-state index contributed by atoms with van der Waals surface area (Å²) in [6, 6.07) is 6.41. The summed E-state index contributed by atoms with van der Waals surface area (Å²) in [4.78, 5) is 35.6. The molecule has 1 aromatic heterocycles. The number of likely N-dealkylation sites (N-methyl/N-ethyl adjacent to an activating group) is 1. The molecule has 1 aromatic carbocycles. The van der Waals surface area contributed by atoms with E-state index in [0.29, 0.717) is 18.0 Å². The SMILES string of the molecule is CC[C@]1(C)OCc2cnc(C(=O)NC3COc4ccccc4N(C)C3=O)nc21. The molecule has 8 nitrogen and oxygen atoms in total. The second kappa shape index (κ2) is 6.87. The van der Waals surface area contributed by atoms with Crippen LogP contribution in [0.25, 0.3) is 0 Å². The van der Waals surface area contributed by atoms with E-state index in [9.17, 15) is 9.59 Å². The van der Waals surface area contributed by atoms with Crippen molar-refractivity contribution in [1.29, 1.82) is 0 Å². The van der Waals surface area contributed by atoms with E-state index in [-0.39, 0.29) is 18.3 Å². The van der Waals surface area contributed by atoms with Crippen molar-refractivity contribution < 1.29 is 19.1 Å². The maximum absolute atomic E-state index is 12.8. The molecule has 2 amide bonds. The van der Waals surface area contributed by atoms with Gasteiger partial charge in [-0.25, -0.2) is 9.97 Å². The number of rotatable bonds is 3. The minimum absolute atomic E-state index is 0.0149. The number of anilines is 1. The van der Waals surface area contributed by atoms with Gasteiger partial charge < -0.3 is 19.7 Å². The molecule has 2 atom stereocenters. The van der Waals surface area contributed by atoms with Crippen LogP contribution in [-0.4, -0.2) is 41.5 Å². The summed E-state index contributed by atoms with van der Waals surface area (Å²) in [7, 11) is 1.66. The summed E-state index contributed by atoms with van der Waals surface area (Å²) in [6.07, 6.45) is 2.35. The summed E-state index contributed by atoms with van der Waals surface area (Å²) in [5.41, 5.74) is 1.73. The Morgan fingerprint density at radius 1 is 1.39 bits per heavy atom. The predicted octanol–water partition coefficient (Wildman–Crippen LogP) is 1.79. The summed E-state index contributed by atoms with van der Waals surface area (Å²) < 4.78 is 11.5. The van der Waals surface area contributed by atoms with Gasteiger partial charge in [-0.15, -0.1) is 0 Å². The number of amides is 2. The molecule has 28 heavy (non-hydrogen) atoms. The van der Waals surface area contributed by atoms with Crippen molar-refractivity contribution in [2.24, 2.45) is 0 Å². The maximum Gasteiger partial charge on any atom is 0.289 e. The maximum atomic E-state index is 12.8. The Labute approximate surface area is 162 Å². The number of hydrogen-bond donors (Lipinski definition) is 1. The smallest absolute Gasteiger partial charge is 0.289 e. The summed E-state index contributed by atoms with van der Waals surface area (Å²) in [5, 5.41) is 2.71. The molecule has 2 aliphatic rings. The number of hydrogen-bond acceptors (Lipinski definition) is 6. The highest BCUT2D eigenvalue weighted by Gasteiger charge is 2.37. The second-order valence-electron chi connectivity index (χ2n) is 7.14. The Morgan fingerprint density at radius 2 is 2.18 bits per heavy atom. The Morgan fingerprint density at radius 3 is 2.96 bits per heavy atom. The van der Waals surface area contributed by atoms with Crippen molar-refractivity contribution in [2.75, 3.05) is 18.6 Å². The van der Waals surface area contributed by atoms with Gasteiger partial charge in [-0.3, -0.25) is 9.59 Å². The highest BCUT2D eigenvalue weighted by atomic mass is 16.5. The number of aromatic nitrogens is 2. The third-order valence-electron chi connectivity index (χ3n) is 5.36. The van der Waals surface area contributed by atoms with Gasteiger partial charge in [-0.2, -0.15) is 0 Å². The third-order valence-corrected chi connectivity index (χ3v) is 5.36. The van der Waals surface area contributed by atoms with Crippen LogP contribution in [0, 0.1) is 0 Å². The molecule has 0 spiro atoms. The summed E-state index contributed by atoms with van der Waals surface area (Å²) >= 11 is 0. The Hall–Kier alpha value is -3.00. The number of para-hydroxylation sites is 2. The van der Waals surface area contributed by atoms with Crippen molar-refractivity contribution in [3.8, 4) is 5.75 Å². The van der Waals surface area contributed by atoms with E-state index < -0.39 is 17.6 Å². The van der Waals surface area contributed by atoms with Crippen LogP contribution in [0.2, 0.25) is 0 Å². The molecule has 0 saturated heterocycles. The van der Waals surface area contributed by atoms with E-state index in [0.717, 1.165) is 17.7 Å². The summed E-state index contributed by atoms with van der Waals surface area (Å²) in [5.74, 6) is -0.170. The molecular formula is C20H22N4O4. The van der Waals surface area contributed by atoms with Crippen molar-refractivity contribution in [2.45, 2.75) is 38.5 Å². The van der Waals surface area contributed by atoms with Gasteiger partial charge >= 0.3 is 0 Å². The van der Waals surface area contributed by atoms with Crippen molar-refractivity contribution in [3.63, 3.8) is 0 Å². The minimum atomic E-state index is -0.837. The number of carbonyl (C=O) groups is 2. The number of nitrogens with zero attached hydrogens (tertiary/aromatic N) is 3. The second-order valence-corrected chi connectivity index (χ2v) is 7.14. The lowest BCUT2D eigenvalue weighted by molar-refractivity contribution is -0.120. The van der Waals surface area contributed by atoms with Gasteiger partial charge in [0.25, 0.3) is 11.8 Å². The fourth-order valence-corrected chi connectivity index (χ4v) is 3.43. The van der Waals surface area contributed by atoms with Crippen LogP contribution in [0.15, 0.2) is 30.5 Å². The number of fused-ring (bicyclic) bond motifs is 2. The molecule has 3 heterocycles. The largest absolute Gasteiger partial charge is 0.489 e.